The molecular weight excluding hydrogens is 232 g/mol. The number of carbonyl (C=O) groups excluding carboxylic acids is 1. The van der Waals surface area contributed by atoms with Gasteiger partial charge < -0.3 is 14.7 Å². The number of hydrogen-bond donors (Lipinski definition) is 1. The highest BCUT2D eigenvalue weighted by Crippen LogP contribution is 2.28. The third-order valence-electron chi connectivity index (χ3n) is 3.46. The van der Waals surface area contributed by atoms with Crippen LogP contribution in [0, 0.1) is 12.3 Å². The Balaban J connectivity index is 2.03. The largest absolute Gasteiger partial charge is 0.346 e. The summed E-state index contributed by atoms with van der Waals surface area (Å²) in [7, 11) is 2.10. The van der Waals surface area contributed by atoms with E-state index in [0.29, 0.717) is 5.89 Å². The third kappa shape index (κ3) is 2.69. The fourth-order valence-electron chi connectivity index (χ4n) is 2.51. The van der Waals surface area contributed by atoms with E-state index in [1.807, 2.05) is 0 Å². The molecule has 0 radical (unpaired) electrons. The maximum Gasteiger partial charge on any atom is 0.292 e. The normalized spacial score (nSPS) is 23.9. The van der Waals surface area contributed by atoms with E-state index in [0.717, 1.165) is 19.5 Å². The molecule has 0 aliphatic carbocycles. The first-order valence-corrected chi connectivity index (χ1v) is 6.18. The third-order valence-corrected chi connectivity index (χ3v) is 3.46. The second kappa shape index (κ2) is 4.68. The number of rotatable bonds is 2. The Hall–Kier alpha value is -1.43. The van der Waals surface area contributed by atoms with Gasteiger partial charge in [0.1, 0.15) is 0 Å². The molecule has 0 bridgehead atoms. The number of piperidine rings is 1. The molecule has 1 amide bonds. The number of likely N-dealkylation sites (tertiary alicyclic amines) is 1. The molecule has 1 aromatic rings. The molecule has 18 heavy (non-hydrogen) atoms. The van der Waals surface area contributed by atoms with E-state index in [1.165, 1.54) is 0 Å². The van der Waals surface area contributed by atoms with Gasteiger partial charge in [-0.2, -0.15) is 4.98 Å². The number of nitrogens with zero attached hydrogens (tertiary/aromatic N) is 3. The lowest BCUT2D eigenvalue weighted by molar-refractivity contribution is 0.0718. The molecule has 1 aliphatic rings. The van der Waals surface area contributed by atoms with Crippen LogP contribution in [0.2, 0.25) is 0 Å². The van der Waals surface area contributed by atoms with Gasteiger partial charge in [0.05, 0.1) is 0 Å². The standard InChI is InChI=1S/C12H20N4O2/c1-8-13-10(15-18-8)11(17)14-9-5-6-16(4)7-12(9,2)3/h9H,5-7H2,1-4H3,(H,14,17). The number of carbonyl (C=O) groups is 1. The van der Waals surface area contributed by atoms with Crippen LogP contribution in [0.25, 0.3) is 0 Å². The summed E-state index contributed by atoms with van der Waals surface area (Å²) in [6.45, 7) is 7.94. The molecule has 2 rings (SSSR count). The summed E-state index contributed by atoms with van der Waals surface area (Å²) in [6.07, 6.45) is 0.937. The van der Waals surface area contributed by atoms with Crippen LogP contribution < -0.4 is 5.32 Å². The molecule has 6 heteroatoms. The lowest BCUT2D eigenvalue weighted by Crippen LogP contribution is -2.54. The van der Waals surface area contributed by atoms with Crippen molar-refractivity contribution in [2.45, 2.75) is 33.2 Å². The second-order valence-electron chi connectivity index (χ2n) is 5.68. The zero-order chi connectivity index (χ0) is 13.3. The summed E-state index contributed by atoms with van der Waals surface area (Å²) in [5, 5.41) is 6.64. The molecule has 1 atom stereocenters. The lowest BCUT2D eigenvalue weighted by Gasteiger charge is -2.43. The molecule has 1 fully saturated rings. The highest BCUT2D eigenvalue weighted by atomic mass is 16.5. The summed E-state index contributed by atoms with van der Waals surface area (Å²) < 4.78 is 4.81. The lowest BCUT2D eigenvalue weighted by atomic mass is 9.79. The SMILES string of the molecule is Cc1nc(C(=O)NC2CCN(C)CC2(C)C)no1. The number of aryl methyl sites for hydroxylation is 1. The minimum atomic E-state index is -0.255. The first kappa shape index (κ1) is 13.0. The summed E-state index contributed by atoms with van der Waals surface area (Å²) in [5.74, 6) is 0.263. The van der Waals surface area contributed by atoms with Crippen molar-refractivity contribution in [2.75, 3.05) is 20.1 Å². The zero-order valence-electron chi connectivity index (χ0n) is 11.4. The van der Waals surface area contributed by atoms with Gasteiger partial charge >= 0.3 is 0 Å². The van der Waals surface area contributed by atoms with E-state index in [-0.39, 0.29) is 23.2 Å². The van der Waals surface area contributed by atoms with E-state index in [2.05, 4.69) is 41.3 Å². The maximum absolute atomic E-state index is 12.0. The number of nitrogens with one attached hydrogen (secondary N) is 1. The maximum atomic E-state index is 12.0. The summed E-state index contributed by atoms with van der Waals surface area (Å²) in [4.78, 5) is 18.2. The topological polar surface area (TPSA) is 71.3 Å². The molecule has 0 aromatic carbocycles. The average Bonchev–Trinajstić information content (AvgIpc) is 2.68. The van der Waals surface area contributed by atoms with Gasteiger partial charge in [-0.05, 0) is 25.4 Å². The van der Waals surface area contributed by atoms with Gasteiger partial charge in [-0.1, -0.05) is 19.0 Å². The molecule has 1 unspecified atom stereocenters. The summed E-state index contributed by atoms with van der Waals surface area (Å²) in [6, 6.07) is 0.139. The molecule has 100 valence electrons. The van der Waals surface area contributed by atoms with Crippen molar-refractivity contribution in [3.05, 3.63) is 11.7 Å². The monoisotopic (exact) mass is 252 g/mol. The van der Waals surface area contributed by atoms with Gasteiger partial charge in [0.15, 0.2) is 0 Å². The Morgan fingerprint density at radius 1 is 1.56 bits per heavy atom. The Morgan fingerprint density at radius 3 is 2.83 bits per heavy atom. The average molecular weight is 252 g/mol. The van der Waals surface area contributed by atoms with Gasteiger partial charge in [-0.15, -0.1) is 0 Å². The minimum absolute atomic E-state index is 0.0431. The van der Waals surface area contributed by atoms with E-state index >= 15 is 0 Å². The van der Waals surface area contributed by atoms with Crippen LogP contribution in [0.4, 0.5) is 0 Å². The molecule has 0 spiro atoms. The number of hydrogen-bond acceptors (Lipinski definition) is 5. The van der Waals surface area contributed by atoms with Crippen molar-refractivity contribution >= 4 is 5.91 Å². The van der Waals surface area contributed by atoms with Crippen LogP contribution in [-0.2, 0) is 0 Å². The zero-order valence-corrected chi connectivity index (χ0v) is 11.4. The predicted octanol–water partition coefficient (Wildman–Crippen LogP) is 0.838. The molecule has 1 N–H and O–H groups in total. The predicted molar refractivity (Wildman–Crippen MR) is 66.2 cm³/mol. The Labute approximate surface area is 107 Å². The fourth-order valence-corrected chi connectivity index (χ4v) is 2.51. The van der Waals surface area contributed by atoms with Crippen molar-refractivity contribution in [1.82, 2.24) is 20.4 Å². The van der Waals surface area contributed by atoms with Crippen molar-refractivity contribution in [3.63, 3.8) is 0 Å². The smallest absolute Gasteiger partial charge is 0.292 e. The van der Waals surface area contributed by atoms with E-state index in [9.17, 15) is 4.79 Å². The van der Waals surface area contributed by atoms with Crippen molar-refractivity contribution in [2.24, 2.45) is 5.41 Å². The fraction of sp³-hybridized carbons (Fsp3) is 0.750. The second-order valence-corrected chi connectivity index (χ2v) is 5.68. The Bertz CT molecular complexity index is 441. The molecule has 0 saturated carbocycles. The minimum Gasteiger partial charge on any atom is -0.346 e. The van der Waals surface area contributed by atoms with Crippen LogP contribution >= 0.6 is 0 Å². The van der Waals surface area contributed by atoms with Crippen molar-refractivity contribution in [3.8, 4) is 0 Å². The quantitative estimate of drug-likeness (QED) is 0.844. The van der Waals surface area contributed by atoms with Gasteiger partial charge in [0.25, 0.3) is 11.7 Å². The molecular formula is C12H20N4O2. The molecule has 6 nitrogen and oxygen atoms in total. The van der Waals surface area contributed by atoms with Crippen LogP contribution in [-0.4, -0.2) is 47.1 Å². The Kier molecular flexibility index (Phi) is 3.38. The van der Waals surface area contributed by atoms with Crippen LogP contribution in [0.15, 0.2) is 4.52 Å². The molecule has 2 heterocycles. The van der Waals surface area contributed by atoms with Gasteiger partial charge in [0, 0.05) is 19.5 Å². The van der Waals surface area contributed by atoms with Crippen LogP contribution in [0.5, 0.6) is 0 Å². The van der Waals surface area contributed by atoms with E-state index in [1.54, 1.807) is 6.92 Å². The highest BCUT2D eigenvalue weighted by Gasteiger charge is 2.36. The highest BCUT2D eigenvalue weighted by molar-refractivity contribution is 5.90. The van der Waals surface area contributed by atoms with Gasteiger partial charge in [-0.25, -0.2) is 0 Å². The molecule has 1 aromatic heterocycles. The van der Waals surface area contributed by atoms with Crippen LogP contribution in [0.1, 0.15) is 36.8 Å². The molecule has 1 saturated heterocycles. The first-order chi connectivity index (χ1) is 8.38. The number of aromatic nitrogens is 2. The Morgan fingerprint density at radius 2 is 2.28 bits per heavy atom. The van der Waals surface area contributed by atoms with Crippen molar-refractivity contribution in [1.29, 1.82) is 0 Å². The summed E-state index contributed by atoms with van der Waals surface area (Å²) in [5.41, 5.74) is 0.0431. The van der Waals surface area contributed by atoms with Gasteiger partial charge in [-0.3, -0.25) is 4.79 Å². The molecule has 1 aliphatic heterocycles. The van der Waals surface area contributed by atoms with E-state index < -0.39 is 0 Å². The van der Waals surface area contributed by atoms with E-state index in [4.69, 9.17) is 4.52 Å². The number of amides is 1. The first-order valence-electron chi connectivity index (χ1n) is 6.18. The van der Waals surface area contributed by atoms with Crippen LogP contribution in [0.3, 0.4) is 0 Å². The van der Waals surface area contributed by atoms with Crippen molar-refractivity contribution < 1.29 is 9.32 Å². The van der Waals surface area contributed by atoms with Gasteiger partial charge in [0.2, 0.25) is 5.89 Å². The summed E-state index contributed by atoms with van der Waals surface area (Å²) >= 11 is 0.